The molecule has 2 aromatic rings. The minimum Gasteiger partial charge on any atom is -0.317 e. The predicted molar refractivity (Wildman–Crippen MR) is 89.5 cm³/mol. The Kier molecular flexibility index (Phi) is 5.01. The summed E-state index contributed by atoms with van der Waals surface area (Å²) in [6, 6.07) is 11.1. The van der Waals surface area contributed by atoms with Crippen molar-refractivity contribution < 1.29 is 0 Å². The number of thiazole rings is 1. The van der Waals surface area contributed by atoms with E-state index >= 15 is 0 Å². The number of nitrogens with zero attached hydrogens (tertiary/aromatic N) is 2. The third kappa shape index (κ3) is 3.90. The summed E-state index contributed by atoms with van der Waals surface area (Å²) in [5, 5.41) is 6.87. The number of hydrogen-bond donors (Lipinski definition) is 1. The molecule has 1 aromatic heterocycles. The van der Waals surface area contributed by atoms with Gasteiger partial charge in [0.05, 0.1) is 12.2 Å². The number of benzene rings is 1. The van der Waals surface area contributed by atoms with Crippen molar-refractivity contribution in [3.63, 3.8) is 0 Å². The summed E-state index contributed by atoms with van der Waals surface area (Å²) >= 11 is 1.77. The van der Waals surface area contributed by atoms with Gasteiger partial charge in [-0.3, -0.25) is 4.90 Å². The zero-order valence-electron chi connectivity index (χ0n) is 12.6. The minimum absolute atomic E-state index is 0.684. The van der Waals surface area contributed by atoms with Gasteiger partial charge in [0.1, 0.15) is 5.01 Å². The first-order chi connectivity index (χ1) is 10.3. The molecule has 1 N–H and O–H groups in total. The van der Waals surface area contributed by atoms with Crippen molar-refractivity contribution >= 4 is 11.3 Å². The van der Waals surface area contributed by atoms with Crippen LogP contribution in [0.1, 0.15) is 24.3 Å². The summed E-state index contributed by atoms with van der Waals surface area (Å²) in [4.78, 5) is 7.27. The van der Waals surface area contributed by atoms with Gasteiger partial charge in [-0.2, -0.15) is 0 Å². The smallest absolute Gasteiger partial charge is 0.107 e. The predicted octanol–water partition coefficient (Wildman–Crippen LogP) is 3.38. The molecule has 1 aliphatic rings. The fraction of sp³-hybridized carbons (Fsp3) is 0.471. The van der Waals surface area contributed by atoms with Crippen LogP contribution >= 0.6 is 11.3 Å². The number of nitrogens with one attached hydrogen (secondary N) is 1. The van der Waals surface area contributed by atoms with Crippen LogP contribution in [0.2, 0.25) is 0 Å². The molecule has 0 bridgehead atoms. The van der Waals surface area contributed by atoms with Crippen LogP contribution in [0.4, 0.5) is 0 Å². The molecule has 1 unspecified atom stereocenters. The molecule has 0 aliphatic carbocycles. The Labute approximate surface area is 131 Å². The van der Waals surface area contributed by atoms with Gasteiger partial charge in [0.25, 0.3) is 0 Å². The highest BCUT2D eigenvalue weighted by Crippen LogP contribution is 2.23. The van der Waals surface area contributed by atoms with Crippen LogP contribution in [0.25, 0.3) is 11.3 Å². The number of aromatic nitrogens is 1. The fourth-order valence-electron chi connectivity index (χ4n) is 2.91. The van der Waals surface area contributed by atoms with Gasteiger partial charge in [0, 0.05) is 17.0 Å². The molecule has 1 aromatic carbocycles. The van der Waals surface area contributed by atoms with Gasteiger partial charge in [-0.25, -0.2) is 4.98 Å². The van der Waals surface area contributed by atoms with Crippen molar-refractivity contribution in [2.24, 2.45) is 0 Å². The van der Waals surface area contributed by atoms with Crippen LogP contribution in [-0.2, 0) is 6.54 Å². The standard InChI is InChI=1S/C17H23N3S/c1-20(15-8-5-10-18-11-9-15)12-17-19-16(13-21-17)14-6-3-2-4-7-14/h2-4,6-7,13,15,18H,5,8-12H2,1H3. The molecule has 1 atom stereocenters. The summed E-state index contributed by atoms with van der Waals surface area (Å²) in [7, 11) is 2.24. The molecule has 3 nitrogen and oxygen atoms in total. The van der Waals surface area contributed by atoms with E-state index in [2.05, 4.69) is 46.9 Å². The Morgan fingerprint density at radius 1 is 1.24 bits per heavy atom. The van der Waals surface area contributed by atoms with Gasteiger partial charge in [0.15, 0.2) is 0 Å². The van der Waals surface area contributed by atoms with Gasteiger partial charge in [-0.15, -0.1) is 11.3 Å². The van der Waals surface area contributed by atoms with Crippen molar-refractivity contribution in [3.05, 3.63) is 40.7 Å². The van der Waals surface area contributed by atoms with Crippen molar-refractivity contribution in [1.82, 2.24) is 15.2 Å². The van der Waals surface area contributed by atoms with Gasteiger partial charge < -0.3 is 5.32 Å². The first kappa shape index (κ1) is 14.7. The van der Waals surface area contributed by atoms with Crippen molar-refractivity contribution in [3.8, 4) is 11.3 Å². The molecule has 0 amide bonds. The molecular weight excluding hydrogens is 278 g/mol. The molecule has 0 spiro atoms. The van der Waals surface area contributed by atoms with E-state index in [0.29, 0.717) is 6.04 Å². The van der Waals surface area contributed by atoms with E-state index in [4.69, 9.17) is 4.98 Å². The lowest BCUT2D eigenvalue weighted by Crippen LogP contribution is -2.31. The summed E-state index contributed by atoms with van der Waals surface area (Å²) in [6.45, 7) is 3.27. The van der Waals surface area contributed by atoms with E-state index in [9.17, 15) is 0 Å². The summed E-state index contributed by atoms with van der Waals surface area (Å²) < 4.78 is 0. The number of hydrogen-bond acceptors (Lipinski definition) is 4. The molecule has 112 valence electrons. The van der Waals surface area contributed by atoms with Crippen LogP contribution in [0.3, 0.4) is 0 Å². The van der Waals surface area contributed by atoms with Crippen LogP contribution < -0.4 is 5.32 Å². The lowest BCUT2D eigenvalue weighted by atomic mass is 10.1. The van der Waals surface area contributed by atoms with Crippen LogP contribution in [-0.4, -0.2) is 36.1 Å². The molecule has 1 fully saturated rings. The van der Waals surface area contributed by atoms with Gasteiger partial charge >= 0.3 is 0 Å². The Hall–Kier alpha value is -1.23. The molecule has 0 saturated carbocycles. The summed E-state index contributed by atoms with van der Waals surface area (Å²) in [5.41, 5.74) is 2.31. The maximum Gasteiger partial charge on any atom is 0.107 e. The summed E-state index contributed by atoms with van der Waals surface area (Å²) in [5.74, 6) is 0. The first-order valence-electron chi connectivity index (χ1n) is 7.74. The lowest BCUT2D eigenvalue weighted by Gasteiger charge is -2.25. The first-order valence-corrected chi connectivity index (χ1v) is 8.61. The summed E-state index contributed by atoms with van der Waals surface area (Å²) in [6.07, 6.45) is 3.82. The van der Waals surface area contributed by atoms with E-state index in [1.54, 1.807) is 11.3 Å². The van der Waals surface area contributed by atoms with Crippen LogP contribution in [0.5, 0.6) is 0 Å². The SMILES string of the molecule is CN(Cc1nc(-c2ccccc2)cs1)C1CCCNCC1. The Morgan fingerprint density at radius 2 is 2.10 bits per heavy atom. The van der Waals surface area contributed by atoms with E-state index in [0.717, 1.165) is 18.8 Å². The molecule has 2 heterocycles. The molecular formula is C17H23N3S. The van der Waals surface area contributed by atoms with E-state index in [1.165, 1.54) is 36.4 Å². The van der Waals surface area contributed by atoms with Gasteiger partial charge in [0.2, 0.25) is 0 Å². The molecule has 1 aliphatic heterocycles. The third-order valence-corrected chi connectivity index (χ3v) is 5.01. The second-order valence-corrected chi connectivity index (χ2v) is 6.69. The van der Waals surface area contributed by atoms with Crippen molar-refractivity contribution in [2.45, 2.75) is 31.8 Å². The Balaban J connectivity index is 1.64. The zero-order chi connectivity index (χ0) is 14.5. The quantitative estimate of drug-likeness (QED) is 0.938. The molecule has 3 rings (SSSR count). The topological polar surface area (TPSA) is 28.2 Å². The van der Waals surface area contributed by atoms with Crippen LogP contribution in [0, 0.1) is 0 Å². The molecule has 0 radical (unpaired) electrons. The largest absolute Gasteiger partial charge is 0.317 e. The Morgan fingerprint density at radius 3 is 2.95 bits per heavy atom. The number of rotatable bonds is 4. The van der Waals surface area contributed by atoms with Gasteiger partial charge in [-0.1, -0.05) is 30.3 Å². The third-order valence-electron chi connectivity index (χ3n) is 4.17. The maximum atomic E-state index is 4.80. The van der Waals surface area contributed by atoms with Crippen molar-refractivity contribution in [2.75, 3.05) is 20.1 Å². The maximum absolute atomic E-state index is 4.80. The zero-order valence-corrected chi connectivity index (χ0v) is 13.4. The highest BCUT2D eigenvalue weighted by Gasteiger charge is 2.18. The van der Waals surface area contributed by atoms with E-state index < -0.39 is 0 Å². The minimum atomic E-state index is 0.684. The van der Waals surface area contributed by atoms with Crippen LogP contribution in [0.15, 0.2) is 35.7 Å². The second-order valence-electron chi connectivity index (χ2n) is 5.74. The van der Waals surface area contributed by atoms with Gasteiger partial charge in [-0.05, 0) is 39.4 Å². The lowest BCUT2D eigenvalue weighted by molar-refractivity contribution is 0.216. The van der Waals surface area contributed by atoms with E-state index in [-0.39, 0.29) is 0 Å². The van der Waals surface area contributed by atoms with Crippen molar-refractivity contribution in [1.29, 1.82) is 0 Å². The highest BCUT2D eigenvalue weighted by atomic mass is 32.1. The second kappa shape index (κ2) is 7.16. The molecule has 1 saturated heterocycles. The Bertz CT molecular complexity index is 544. The fourth-order valence-corrected chi connectivity index (χ4v) is 3.77. The molecule has 4 heteroatoms. The normalized spacial score (nSPS) is 19.6. The van der Waals surface area contributed by atoms with E-state index in [1.807, 2.05) is 6.07 Å². The average Bonchev–Trinajstić information content (AvgIpc) is 2.81. The average molecular weight is 301 g/mol. The highest BCUT2D eigenvalue weighted by molar-refractivity contribution is 7.09. The monoisotopic (exact) mass is 301 g/mol. The molecule has 21 heavy (non-hydrogen) atoms.